The molecule has 7 nitrogen and oxygen atoms in total. The van der Waals surface area contributed by atoms with Gasteiger partial charge in [-0.3, -0.25) is 14.9 Å². The van der Waals surface area contributed by atoms with Gasteiger partial charge in [-0.25, -0.2) is 9.18 Å². The molecule has 8 heteroatoms. The summed E-state index contributed by atoms with van der Waals surface area (Å²) in [5.74, 6) is -3.09. The number of nitro benzene ring substituents is 1. The van der Waals surface area contributed by atoms with Crippen LogP contribution in [0.25, 0.3) is 6.08 Å². The highest BCUT2D eigenvalue weighted by molar-refractivity contribution is 5.93. The van der Waals surface area contributed by atoms with Gasteiger partial charge in [-0.2, -0.15) is 0 Å². The number of rotatable bonds is 5. The molecule has 0 aliphatic rings. The summed E-state index contributed by atoms with van der Waals surface area (Å²) in [4.78, 5) is 31.5. The molecule has 106 valence electrons. The van der Waals surface area contributed by atoms with E-state index in [0.717, 1.165) is 12.1 Å². The van der Waals surface area contributed by atoms with E-state index in [1.807, 2.05) is 0 Å². The van der Waals surface area contributed by atoms with Crippen LogP contribution in [0.5, 0.6) is 0 Å². The number of halogens is 1. The monoisotopic (exact) mass is 283 g/mol. The molecular weight excluding hydrogens is 273 g/mol. The highest BCUT2D eigenvalue weighted by atomic mass is 19.1. The lowest BCUT2D eigenvalue weighted by molar-refractivity contribution is -0.385. The number of carboxylic acids is 1. The molecule has 0 unspecified atom stereocenters. The predicted molar refractivity (Wildman–Crippen MR) is 65.7 cm³/mol. The molecular formula is C12H10FNO6. The van der Waals surface area contributed by atoms with Crippen LogP contribution in [-0.2, 0) is 9.53 Å². The largest absolute Gasteiger partial charge is 0.477 e. The van der Waals surface area contributed by atoms with Crippen molar-refractivity contribution in [2.75, 3.05) is 7.11 Å². The Hall–Kier alpha value is -2.77. The lowest BCUT2D eigenvalue weighted by Crippen LogP contribution is -2.04. The summed E-state index contributed by atoms with van der Waals surface area (Å²) in [6.45, 7) is 0. The molecule has 0 atom stereocenters. The van der Waals surface area contributed by atoms with Gasteiger partial charge in [0.25, 0.3) is 5.69 Å². The summed E-state index contributed by atoms with van der Waals surface area (Å²) in [6.07, 6.45) is 2.27. The maximum Gasteiger partial charge on any atom is 0.342 e. The Bertz CT molecular complexity index is 596. The van der Waals surface area contributed by atoms with E-state index < -0.39 is 33.9 Å². The van der Waals surface area contributed by atoms with Crippen LogP contribution < -0.4 is 0 Å². The molecule has 0 spiro atoms. The maximum absolute atomic E-state index is 13.6. The topological polar surface area (TPSA) is 107 Å². The van der Waals surface area contributed by atoms with Crippen molar-refractivity contribution < 1.29 is 28.7 Å². The smallest absolute Gasteiger partial charge is 0.342 e. The van der Waals surface area contributed by atoms with Crippen LogP contribution in [0.3, 0.4) is 0 Å². The fraction of sp³-hybridized carbons (Fsp3) is 0.167. The van der Waals surface area contributed by atoms with Crippen LogP contribution in [0.2, 0.25) is 0 Å². The first-order valence-corrected chi connectivity index (χ1v) is 5.31. The average molecular weight is 283 g/mol. The second-order valence-corrected chi connectivity index (χ2v) is 3.64. The molecule has 0 aliphatic carbocycles. The van der Waals surface area contributed by atoms with E-state index in [0.29, 0.717) is 6.07 Å². The van der Waals surface area contributed by atoms with Gasteiger partial charge in [-0.05, 0) is 6.07 Å². The van der Waals surface area contributed by atoms with Crippen molar-refractivity contribution in [2.45, 2.75) is 6.42 Å². The number of ether oxygens (including phenoxy) is 1. The number of carbonyl (C=O) groups excluding carboxylic acids is 1. The van der Waals surface area contributed by atoms with Crippen molar-refractivity contribution in [3.63, 3.8) is 0 Å². The fourth-order valence-corrected chi connectivity index (χ4v) is 1.39. The van der Waals surface area contributed by atoms with E-state index in [4.69, 9.17) is 5.11 Å². The zero-order chi connectivity index (χ0) is 15.3. The zero-order valence-corrected chi connectivity index (χ0v) is 10.3. The van der Waals surface area contributed by atoms with E-state index in [-0.39, 0.29) is 12.0 Å². The van der Waals surface area contributed by atoms with Gasteiger partial charge in [0, 0.05) is 11.6 Å². The third kappa shape index (κ3) is 3.61. The second-order valence-electron chi connectivity index (χ2n) is 3.64. The number of methoxy groups -OCH3 is 1. The van der Waals surface area contributed by atoms with Crippen LogP contribution in [0.4, 0.5) is 10.1 Å². The summed E-state index contributed by atoms with van der Waals surface area (Å²) in [7, 11) is 1.18. The summed E-state index contributed by atoms with van der Waals surface area (Å²) < 4.78 is 18.0. The number of carbonyl (C=O) groups is 2. The van der Waals surface area contributed by atoms with Gasteiger partial charge in [0.1, 0.15) is 11.4 Å². The number of aromatic carboxylic acids is 1. The Kier molecular flexibility index (Phi) is 4.90. The standard InChI is InChI=1S/C12H10FNO6/c1-20-11(15)4-2-3-7-5-10(14(18)19)8(12(16)17)6-9(7)13/h2-3,5-6H,4H2,1H3,(H,16,17). The predicted octanol–water partition coefficient (Wildman–Crippen LogP) is 2.01. The Morgan fingerprint density at radius 2 is 2.15 bits per heavy atom. The van der Waals surface area contributed by atoms with Crippen molar-refractivity contribution >= 4 is 23.7 Å². The minimum atomic E-state index is -1.60. The molecule has 1 rings (SSSR count). The van der Waals surface area contributed by atoms with Crippen LogP contribution in [0.1, 0.15) is 22.3 Å². The average Bonchev–Trinajstić information content (AvgIpc) is 2.39. The van der Waals surface area contributed by atoms with E-state index in [9.17, 15) is 24.1 Å². The third-order valence-electron chi connectivity index (χ3n) is 2.35. The molecule has 0 amide bonds. The van der Waals surface area contributed by atoms with Crippen LogP contribution in [0, 0.1) is 15.9 Å². The van der Waals surface area contributed by atoms with Gasteiger partial charge in [-0.15, -0.1) is 0 Å². The minimum Gasteiger partial charge on any atom is -0.477 e. The van der Waals surface area contributed by atoms with Gasteiger partial charge in [0.05, 0.1) is 18.5 Å². The van der Waals surface area contributed by atoms with E-state index in [1.54, 1.807) is 0 Å². The Labute approximate surface area is 112 Å². The van der Waals surface area contributed by atoms with Crippen molar-refractivity contribution in [3.05, 3.63) is 45.3 Å². The first kappa shape index (κ1) is 15.3. The normalized spacial score (nSPS) is 10.5. The van der Waals surface area contributed by atoms with Crippen molar-refractivity contribution in [1.29, 1.82) is 0 Å². The number of nitrogens with zero attached hydrogens (tertiary/aromatic N) is 1. The molecule has 1 aromatic rings. The molecule has 0 fully saturated rings. The van der Waals surface area contributed by atoms with Crippen molar-refractivity contribution in [2.24, 2.45) is 0 Å². The summed E-state index contributed by atoms with van der Waals surface area (Å²) >= 11 is 0. The Morgan fingerprint density at radius 3 is 2.65 bits per heavy atom. The number of esters is 1. The Balaban J connectivity index is 3.16. The highest BCUT2D eigenvalue weighted by Gasteiger charge is 2.22. The SMILES string of the molecule is COC(=O)CC=Cc1cc([N+](=O)[O-])c(C(=O)O)cc1F. The van der Waals surface area contributed by atoms with E-state index >= 15 is 0 Å². The molecule has 0 saturated carbocycles. The van der Waals surface area contributed by atoms with Crippen molar-refractivity contribution in [3.8, 4) is 0 Å². The molecule has 0 saturated heterocycles. The summed E-state index contributed by atoms with van der Waals surface area (Å²) in [5.41, 5.74) is -1.65. The van der Waals surface area contributed by atoms with Gasteiger partial charge >= 0.3 is 11.9 Å². The maximum atomic E-state index is 13.6. The third-order valence-corrected chi connectivity index (χ3v) is 2.35. The Morgan fingerprint density at radius 1 is 1.50 bits per heavy atom. The molecule has 1 aromatic carbocycles. The van der Waals surface area contributed by atoms with Gasteiger partial charge < -0.3 is 9.84 Å². The molecule has 0 heterocycles. The molecule has 0 aromatic heterocycles. The molecule has 1 N–H and O–H groups in total. The van der Waals surface area contributed by atoms with Crippen molar-refractivity contribution in [1.82, 2.24) is 0 Å². The highest BCUT2D eigenvalue weighted by Crippen LogP contribution is 2.24. The van der Waals surface area contributed by atoms with Crippen LogP contribution >= 0.6 is 0 Å². The summed E-state index contributed by atoms with van der Waals surface area (Å²) in [6, 6.07) is 1.37. The number of hydrogen-bond acceptors (Lipinski definition) is 5. The number of hydrogen-bond donors (Lipinski definition) is 1. The lowest BCUT2D eigenvalue weighted by atomic mass is 10.1. The molecule has 0 bridgehead atoms. The fourth-order valence-electron chi connectivity index (χ4n) is 1.39. The van der Waals surface area contributed by atoms with E-state index in [2.05, 4.69) is 4.74 Å². The first-order chi connectivity index (χ1) is 9.36. The zero-order valence-electron chi connectivity index (χ0n) is 10.3. The molecule has 20 heavy (non-hydrogen) atoms. The van der Waals surface area contributed by atoms with Gasteiger partial charge in [-0.1, -0.05) is 12.2 Å². The quantitative estimate of drug-likeness (QED) is 0.503. The minimum absolute atomic E-state index is 0.135. The van der Waals surface area contributed by atoms with Crippen LogP contribution in [0.15, 0.2) is 18.2 Å². The lowest BCUT2D eigenvalue weighted by Gasteiger charge is -2.02. The second kappa shape index (κ2) is 6.41. The number of benzene rings is 1. The first-order valence-electron chi connectivity index (χ1n) is 5.31. The number of carboxylic acid groups (broad SMARTS) is 1. The van der Waals surface area contributed by atoms with E-state index in [1.165, 1.54) is 13.2 Å². The number of nitro groups is 1. The molecule has 0 radical (unpaired) electrons. The molecule has 0 aliphatic heterocycles. The van der Waals surface area contributed by atoms with Gasteiger partial charge in [0.2, 0.25) is 0 Å². The summed E-state index contributed by atoms with van der Waals surface area (Å²) in [5, 5.41) is 19.5. The van der Waals surface area contributed by atoms with Crippen LogP contribution in [-0.4, -0.2) is 29.1 Å². The van der Waals surface area contributed by atoms with Gasteiger partial charge in [0.15, 0.2) is 0 Å².